The first-order valence-electron chi connectivity index (χ1n) is 30.5. The monoisotopic (exact) mass is 1380 g/mol. The zero-order valence-electron chi connectivity index (χ0n) is 49.1. The second kappa shape index (κ2) is 23.2. The second-order valence-corrected chi connectivity index (χ2v) is 25.7. The number of nitriles is 1. The molecule has 4 heterocycles. The van der Waals surface area contributed by atoms with Crippen molar-refractivity contribution in [2.45, 2.75) is 26.2 Å². The van der Waals surface area contributed by atoms with Crippen LogP contribution in [0.15, 0.2) is 273 Å². The summed E-state index contributed by atoms with van der Waals surface area (Å²) in [6.07, 6.45) is 3.11. The Morgan fingerprint density at radius 3 is 1.41 bits per heavy atom. The normalized spacial score (nSPS) is 12.2. The number of halogens is 2. The van der Waals surface area contributed by atoms with Gasteiger partial charge in [0, 0.05) is 68.7 Å². The fourth-order valence-electron chi connectivity index (χ4n) is 13.5. The molecule has 12 aromatic carbocycles. The SMILES string of the molecule is CCCCc1ccc2c3cc(-c4cc5c6c(c4)N(c4ccc(-c7ccccc7)cc4)c4ccc(I)cc4B6c4cc(I)ccc4N5c4ccc(-c5ccccc5)cc4)ccc3n(-c3ccc(C#N)cc3-c3nc(-c4ccccc4)nc(-c4ccccc4)n3)c2c1. The molecule has 0 saturated carbocycles. The molecule has 14 aromatic rings. The van der Waals surface area contributed by atoms with E-state index in [0.717, 1.165) is 109 Å². The lowest BCUT2D eigenvalue weighted by Crippen LogP contribution is -2.61. The Balaban J connectivity index is 0.938. The van der Waals surface area contributed by atoms with Gasteiger partial charge in [0.2, 0.25) is 0 Å². The van der Waals surface area contributed by atoms with E-state index < -0.39 is 0 Å². The Labute approximate surface area is 551 Å². The predicted octanol–water partition coefficient (Wildman–Crippen LogP) is 19.5. The summed E-state index contributed by atoms with van der Waals surface area (Å²) in [7, 11) is 0. The van der Waals surface area contributed by atoms with Crippen molar-refractivity contribution in [3.05, 3.63) is 291 Å². The van der Waals surface area contributed by atoms with E-state index in [9.17, 15) is 5.26 Å². The van der Waals surface area contributed by atoms with Crippen molar-refractivity contribution in [1.82, 2.24) is 19.5 Å². The number of hydrogen-bond donors (Lipinski definition) is 0. The molecule has 16 rings (SSSR count). The van der Waals surface area contributed by atoms with Crippen molar-refractivity contribution >= 4 is 124 Å². The molecule has 10 heteroatoms. The average Bonchev–Trinajstić information content (AvgIpc) is 0.816. The fraction of sp³-hybridized carbons (Fsp3) is 0.0500. The van der Waals surface area contributed by atoms with Crippen molar-refractivity contribution < 1.29 is 0 Å². The number of aromatic nitrogens is 4. The number of aryl methyl sites for hydroxylation is 1. The standard InChI is InChI=1S/C80H54BI2N7/c1-2-3-16-51-25-38-65-66-45-59(31-40-70(66)90(74(65)44-51)71-39-26-52(50-84)43-67(71)80-86-78(57-21-12-6-13-22-57)85-79(87-80)58-23-14-7-15-24-58)60-46-75-77-76(47-60)89(64-36-29-56(30-37-64)54-19-10-5-11-20-54)73-42-33-62(83)49-69(73)81(77)68-48-61(82)32-41-72(68)88(75)63-34-27-55(28-35-63)53-17-8-4-9-18-53/h4-15,17-49H,2-3,16H2,1H3. The Bertz CT molecular complexity index is 4930. The van der Waals surface area contributed by atoms with Gasteiger partial charge in [-0.2, -0.15) is 5.26 Å². The second-order valence-electron chi connectivity index (χ2n) is 23.2. The fourth-order valence-corrected chi connectivity index (χ4v) is 14.5. The summed E-state index contributed by atoms with van der Waals surface area (Å²) in [5.74, 6) is 1.59. The highest BCUT2D eigenvalue weighted by atomic mass is 127. The van der Waals surface area contributed by atoms with E-state index in [-0.39, 0.29) is 6.71 Å². The highest BCUT2D eigenvalue weighted by Gasteiger charge is 2.44. The molecule has 2 aliphatic rings. The Kier molecular flexibility index (Phi) is 14.3. The first kappa shape index (κ1) is 55.4. The minimum Gasteiger partial charge on any atom is -0.311 e. The summed E-state index contributed by atoms with van der Waals surface area (Å²) >= 11 is 5.00. The van der Waals surface area contributed by atoms with E-state index in [2.05, 4.69) is 273 Å². The molecule has 90 heavy (non-hydrogen) atoms. The van der Waals surface area contributed by atoms with E-state index in [1.54, 1.807) is 0 Å². The van der Waals surface area contributed by atoms with Gasteiger partial charge in [-0.25, -0.2) is 15.0 Å². The van der Waals surface area contributed by atoms with Crippen LogP contribution in [0.25, 0.3) is 95.0 Å². The summed E-state index contributed by atoms with van der Waals surface area (Å²) in [4.78, 5) is 20.6. The smallest absolute Gasteiger partial charge is 0.252 e. The molecule has 0 atom stereocenters. The highest BCUT2D eigenvalue weighted by Crippen LogP contribution is 2.48. The van der Waals surface area contributed by atoms with Crippen LogP contribution >= 0.6 is 45.2 Å². The quantitative estimate of drug-likeness (QED) is 0.0896. The van der Waals surface area contributed by atoms with E-state index in [1.807, 2.05) is 72.8 Å². The number of benzene rings is 12. The maximum atomic E-state index is 10.6. The molecule has 0 fully saturated rings. The number of hydrogen-bond acceptors (Lipinski definition) is 6. The van der Waals surface area contributed by atoms with Gasteiger partial charge in [-0.05, 0) is 210 Å². The molecular formula is C80H54BI2N7. The Morgan fingerprint density at radius 1 is 0.400 bits per heavy atom. The first-order chi connectivity index (χ1) is 44.3. The Hall–Kier alpha value is -9.94. The molecule has 0 spiro atoms. The number of nitrogens with zero attached hydrogens (tertiary/aromatic N) is 7. The third kappa shape index (κ3) is 9.84. The van der Waals surface area contributed by atoms with Crippen molar-refractivity contribution in [1.29, 1.82) is 5.26 Å². The highest BCUT2D eigenvalue weighted by molar-refractivity contribution is 14.1. The molecule has 0 aliphatic carbocycles. The van der Waals surface area contributed by atoms with Crippen LogP contribution in [0.5, 0.6) is 0 Å². The molecule has 0 bridgehead atoms. The van der Waals surface area contributed by atoms with E-state index in [1.165, 1.54) is 51.3 Å². The van der Waals surface area contributed by atoms with Gasteiger partial charge < -0.3 is 14.4 Å². The molecule has 0 amide bonds. The first-order valence-corrected chi connectivity index (χ1v) is 32.7. The minimum atomic E-state index is -0.0564. The molecule has 0 saturated heterocycles. The van der Waals surface area contributed by atoms with Gasteiger partial charge in [-0.15, -0.1) is 0 Å². The maximum absolute atomic E-state index is 10.6. The van der Waals surface area contributed by atoms with Crippen LogP contribution < -0.4 is 26.2 Å². The number of rotatable bonds is 12. The topological polar surface area (TPSA) is 73.9 Å². The van der Waals surface area contributed by atoms with Crippen LogP contribution in [0.4, 0.5) is 34.1 Å². The molecule has 0 N–H and O–H groups in total. The van der Waals surface area contributed by atoms with Crippen molar-refractivity contribution in [3.63, 3.8) is 0 Å². The molecule has 0 unspecified atom stereocenters. The van der Waals surface area contributed by atoms with Gasteiger partial charge >= 0.3 is 0 Å². The van der Waals surface area contributed by atoms with Crippen LogP contribution in [0, 0.1) is 18.5 Å². The van der Waals surface area contributed by atoms with Crippen LogP contribution in [-0.4, -0.2) is 26.2 Å². The average molecular weight is 1380 g/mol. The summed E-state index contributed by atoms with van der Waals surface area (Å²) in [6, 6.07) is 101. The van der Waals surface area contributed by atoms with Gasteiger partial charge in [-0.1, -0.05) is 189 Å². The van der Waals surface area contributed by atoms with Gasteiger partial charge in [0.25, 0.3) is 6.71 Å². The molecule has 7 nitrogen and oxygen atoms in total. The lowest BCUT2D eigenvalue weighted by molar-refractivity contribution is 0.795. The summed E-state index contributed by atoms with van der Waals surface area (Å²) < 4.78 is 4.76. The van der Waals surface area contributed by atoms with Crippen LogP contribution in [0.2, 0.25) is 0 Å². The molecule has 2 aromatic heterocycles. The number of anilines is 6. The van der Waals surface area contributed by atoms with Crippen molar-refractivity contribution in [2.24, 2.45) is 0 Å². The van der Waals surface area contributed by atoms with Crippen molar-refractivity contribution in [3.8, 4) is 79.3 Å². The summed E-state index contributed by atoms with van der Waals surface area (Å²) in [5.41, 5.74) is 24.7. The Morgan fingerprint density at radius 2 is 0.889 bits per heavy atom. The lowest BCUT2D eigenvalue weighted by atomic mass is 9.33. The zero-order valence-corrected chi connectivity index (χ0v) is 53.4. The van der Waals surface area contributed by atoms with Crippen molar-refractivity contribution in [2.75, 3.05) is 9.80 Å². The van der Waals surface area contributed by atoms with Gasteiger partial charge in [0.05, 0.1) is 28.4 Å². The van der Waals surface area contributed by atoms with Gasteiger partial charge in [0.1, 0.15) is 0 Å². The third-order valence-corrected chi connectivity index (χ3v) is 19.1. The minimum absolute atomic E-state index is 0.0564. The van der Waals surface area contributed by atoms with Gasteiger partial charge in [0.15, 0.2) is 17.5 Å². The number of unbranched alkanes of at least 4 members (excludes halogenated alkanes) is 1. The van der Waals surface area contributed by atoms with E-state index in [4.69, 9.17) is 15.0 Å². The molecule has 0 radical (unpaired) electrons. The van der Waals surface area contributed by atoms with E-state index in [0.29, 0.717) is 23.0 Å². The molecule has 426 valence electrons. The number of fused-ring (bicyclic) bond motifs is 7. The van der Waals surface area contributed by atoms with Crippen LogP contribution in [0.1, 0.15) is 30.9 Å². The molecular weight excluding hydrogens is 1320 g/mol. The van der Waals surface area contributed by atoms with Crippen LogP contribution in [0.3, 0.4) is 0 Å². The van der Waals surface area contributed by atoms with E-state index >= 15 is 0 Å². The zero-order chi connectivity index (χ0) is 60.4. The third-order valence-electron chi connectivity index (χ3n) is 17.7. The summed E-state index contributed by atoms with van der Waals surface area (Å²) in [6.45, 7) is 2.19. The van der Waals surface area contributed by atoms with Gasteiger partial charge in [-0.3, -0.25) is 0 Å². The predicted molar refractivity (Wildman–Crippen MR) is 390 cm³/mol. The maximum Gasteiger partial charge on any atom is 0.252 e. The largest absolute Gasteiger partial charge is 0.311 e. The lowest BCUT2D eigenvalue weighted by Gasteiger charge is -2.44. The summed E-state index contributed by atoms with van der Waals surface area (Å²) in [5, 5.41) is 12.8. The van der Waals surface area contributed by atoms with Crippen LogP contribution in [-0.2, 0) is 6.42 Å². The molecule has 2 aliphatic heterocycles.